The van der Waals surface area contributed by atoms with Crippen LogP contribution < -0.4 is 5.32 Å². The Hall–Kier alpha value is -3.29. The molecule has 0 bridgehead atoms. The van der Waals surface area contributed by atoms with Gasteiger partial charge in [0.25, 0.3) is 0 Å². The highest BCUT2D eigenvalue weighted by Gasteiger charge is 2.53. The number of hydrogen-bond donors (Lipinski definition) is 12. The second kappa shape index (κ2) is 54.7. The topological polar surface area (TPSA) is 307 Å². The van der Waals surface area contributed by atoms with Gasteiger partial charge in [0.05, 0.1) is 38.6 Å². The maximum Gasteiger partial charge on any atom is 0.220 e. The molecule has 19 nitrogen and oxygen atoms in total. The molecule has 3 fully saturated rings. The number of nitrogens with one attached hydrogen (secondary N) is 1. The molecule has 0 saturated carbocycles. The zero-order valence-corrected chi connectivity index (χ0v) is 56.7. The number of amides is 1. The van der Waals surface area contributed by atoms with Crippen LogP contribution in [0.3, 0.4) is 0 Å². The van der Waals surface area contributed by atoms with Crippen molar-refractivity contribution in [3.05, 3.63) is 97.2 Å². The van der Waals surface area contributed by atoms with Crippen LogP contribution in [0.25, 0.3) is 0 Å². The molecule has 17 atom stereocenters. The summed E-state index contributed by atoms with van der Waals surface area (Å²) >= 11 is 0. The summed E-state index contributed by atoms with van der Waals surface area (Å²) in [7, 11) is 0. The average Bonchev–Trinajstić information content (AvgIpc) is 0.842. The van der Waals surface area contributed by atoms with E-state index in [1.54, 1.807) is 6.08 Å². The molecule has 0 aromatic heterocycles. The Morgan fingerprint density at radius 3 is 1.20 bits per heavy atom. The molecule has 17 unspecified atom stereocenters. The minimum atomic E-state index is -1.98. The highest BCUT2D eigenvalue weighted by molar-refractivity contribution is 5.76. The Bertz CT molecular complexity index is 2060. The third-order valence-corrected chi connectivity index (χ3v) is 17.4. The van der Waals surface area contributed by atoms with Crippen LogP contribution >= 0.6 is 0 Å². The van der Waals surface area contributed by atoms with Gasteiger partial charge in [0.15, 0.2) is 18.9 Å². The van der Waals surface area contributed by atoms with Crippen molar-refractivity contribution >= 4 is 5.91 Å². The number of carbonyl (C=O) groups is 1. The molecule has 1 amide bonds. The van der Waals surface area contributed by atoms with E-state index in [1.165, 1.54) is 122 Å². The average molecular weight is 1320 g/mol. The van der Waals surface area contributed by atoms with E-state index >= 15 is 0 Å². The van der Waals surface area contributed by atoms with Crippen LogP contribution in [0.5, 0.6) is 0 Å². The molecule has 12 N–H and O–H groups in total. The molecular weight excluding hydrogens is 1190 g/mol. The predicted molar refractivity (Wildman–Crippen MR) is 364 cm³/mol. The maximum atomic E-state index is 13.4. The summed E-state index contributed by atoms with van der Waals surface area (Å²) < 4.78 is 34.3. The predicted octanol–water partition coefficient (Wildman–Crippen LogP) is 10.0. The van der Waals surface area contributed by atoms with Crippen molar-refractivity contribution in [1.29, 1.82) is 0 Å². The van der Waals surface area contributed by atoms with Gasteiger partial charge in [-0.2, -0.15) is 0 Å². The van der Waals surface area contributed by atoms with Crippen LogP contribution in [-0.4, -0.2) is 193 Å². The molecule has 93 heavy (non-hydrogen) atoms. The Balaban J connectivity index is 1.35. The van der Waals surface area contributed by atoms with E-state index in [9.17, 15) is 61.0 Å². The zero-order chi connectivity index (χ0) is 67.5. The lowest BCUT2D eigenvalue weighted by Crippen LogP contribution is -2.66. The van der Waals surface area contributed by atoms with E-state index in [0.29, 0.717) is 12.8 Å². The van der Waals surface area contributed by atoms with Crippen molar-refractivity contribution in [2.45, 2.75) is 336 Å². The lowest BCUT2D eigenvalue weighted by Gasteiger charge is -2.48. The number of hydrogen-bond acceptors (Lipinski definition) is 18. The fourth-order valence-electron chi connectivity index (χ4n) is 11.6. The summed E-state index contributed by atoms with van der Waals surface area (Å²) in [4.78, 5) is 13.4. The SMILES string of the molecule is CC/C=C\C/C=C\C/C=C\C/C=C\C/C=C\C/C=C\CCCCCCCCCCCCCCCCCCC(=O)NC(COC1OC(CO)C(OC2OC(CO)C(OC3OC(CO)C(O)C(O)C3O)C(O)C2O)C(O)C1O)C(O)/C=C/CC/C=C/CCCCCCCCC. The minimum Gasteiger partial charge on any atom is -0.394 e. The number of allylic oxidation sites excluding steroid dienone is 15. The highest BCUT2D eigenvalue weighted by atomic mass is 16.8. The van der Waals surface area contributed by atoms with Crippen LogP contribution in [0.2, 0.25) is 0 Å². The normalized spacial score (nSPS) is 28.1. The molecule has 0 radical (unpaired) electrons. The van der Waals surface area contributed by atoms with Crippen LogP contribution in [-0.2, 0) is 33.2 Å². The van der Waals surface area contributed by atoms with Gasteiger partial charge in [-0.3, -0.25) is 4.79 Å². The molecule has 3 aliphatic rings. The number of rotatable bonds is 54. The fourth-order valence-corrected chi connectivity index (χ4v) is 11.6. The van der Waals surface area contributed by atoms with Gasteiger partial charge < -0.3 is 89.9 Å². The number of carbonyl (C=O) groups excluding carboxylic acids is 1. The molecule has 19 heteroatoms. The van der Waals surface area contributed by atoms with Gasteiger partial charge in [-0.15, -0.1) is 0 Å². The summed E-state index contributed by atoms with van der Waals surface area (Å²) in [6, 6.07) is -0.993. The van der Waals surface area contributed by atoms with Crippen LogP contribution in [0.4, 0.5) is 0 Å². The third kappa shape index (κ3) is 36.2. The number of aliphatic hydroxyl groups is 11. The molecule has 0 aliphatic carbocycles. The van der Waals surface area contributed by atoms with Crippen molar-refractivity contribution in [3.63, 3.8) is 0 Å². The first-order chi connectivity index (χ1) is 45.3. The second-order valence-electron chi connectivity index (χ2n) is 25.3. The van der Waals surface area contributed by atoms with Crippen molar-refractivity contribution < 1.29 is 89.4 Å². The summed E-state index contributed by atoms with van der Waals surface area (Å²) in [6.07, 6.45) is 45.5. The smallest absolute Gasteiger partial charge is 0.220 e. The van der Waals surface area contributed by atoms with E-state index in [0.717, 1.165) is 77.0 Å². The molecule has 3 aliphatic heterocycles. The molecule has 3 saturated heterocycles. The molecule has 3 heterocycles. The van der Waals surface area contributed by atoms with Gasteiger partial charge in [0.1, 0.15) is 73.2 Å². The molecule has 536 valence electrons. The van der Waals surface area contributed by atoms with Crippen molar-refractivity contribution in [2.24, 2.45) is 0 Å². The summed E-state index contributed by atoms with van der Waals surface area (Å²) in [6.45, 7) is 1.57. The van der Waals surface area contributed by atoms with Gasteiger partial charge >= 0.3 is 0 Å². The van der Waals surface area contributed by atoms with Gasteiger partial charge in [-0.05, 0) is 83.5 Å². The lowest BCUT2D eigenvalue weighted by molar-refractivity contribution is -0.379. The Morgan fingerprint density at radius 1 is 0.398 bits per heavy atom. The van der Waals surface area contributed by atoms with E-state index in [4.69, 9.17) is 28.4 Å². The minimum absolute atomic E-state index is 0.231. The lowest BCUT2D eigenvalue weighted by atomic mass is 9.96. The maximum absolute atomic E-state index is 13.4. The number of unbranched alkanes of at least 4 members (excludes halogenated alkanes) is 24. The Morgan fingerprint density at radius 2 is 0.753 bits per heavy atom. The summed E-state index contributed by atoms with van der Waals surface area (Å²) in [5, 5.41) is 120. The van der Waals surface area contributed by atoms with Crippen LogP contribution in [0, 0.1) is 0 Å². The van der Waals surface area contributed by atoms with Gasteiger partial charge in [0.2, 0.25) is 5.91 Å². The number of ether oxygens (including phenoxy) is 6. The second-order valence-corrected chi connectivity index (χ2v) is 25.3. The molecule has 0 aromatic carbocycles. The van der Waals surface area contributed by atoms with Crippen molar-refractivity contribution in [2.75, 3.05) is 26.4 Å². The Kier molecular flexibility index (Phi) is 49.4. The standard InChI is InChI=1S/C74H127NO18/c1-3-5-7-9-11-13-15-17-18-19-20-21-22-23-24-25-26-27-28-29-30-31-32-33-34-35-36-37-38-40-42-44-46-48-50-52-62(80)75-57(58(79)51-49-47-45-43-41-39-16-14-12-10-8-6-4-2)56-88-72-68(86)65(83)70(60(54-77)90-72)93-74-69(87)66(84)71(61(55-78)91-74)92-73-67(85)64(82)63(81)59(53-76)89-73/h5,7,11,13,17-18,20-21,23-24,26-27,41,43,49,51,57-61,63-74,76-79,81-87H,3-4,6,8-10,12,14-16,19,22,25,28-40,42,44-48,50,52-56H2,1-2H3,(H,75,80)/b7-5-,13-11-,18-17-,21-20-,24-23-,27-26-,43-41+,51-49+. The van der Waals surface area contributed by atoms with Crippen molar-refractivity contribution in [1.82, 2.24) is 5.32 Å². The quantitative estimate of drug-likeness (QED) is 0.0199. The summed E-state index contributed by atoms with van der Waals surface area (Å²) in [5.74, 6) is -0.289. The van der Waals surface area contributed by atoms with Gasteiger partial charge in [-0.25, -0.2) is 0 Å². The van der Waals surface area contributed by atoms with E-state index in [2.05, 4.69) is 104 Å². The van der Waals surface area contributed by atoms with Crippen LogP contribution in [0.15, 0.2) is 97.2 Å². The van der Waals surface area contributed by atoms with Crippen molar-refractivity contribution in [3.8, 4) is 0 Å². The largest absolute Gasteiger partial charge is 0.394 e. The zero-order valence-electron chi connectivity index (χ0n) is 56.7. The van der Waals surface area contributed by atoms with Crippen LogP contribution in [0.1, 0.15) is 232 Å². The first-order valence-electron chi connectivity index (χ1n) is 36.0. The fraction of sp³-hybridized carbons (Fsp3) is 0.770. The molecule has 3 rings (SSSR count). The third-order valence-electron chi connectivity index (χ3n) is 17.4. The summed E-state index contributed by atoms with van der Waals surface area (Å²) in [5.41, 5.74) is 0. The van der Waals surface area contributed by atoms with E-state index < -0.39 is 124 Å². The number of aliphatic hydroxyl groups excluding tert-OH is 11. The van der Waals surface area contributed by atoms with Gasteiger partial charge in [-0.1, -0.05) is 239 Å². The molecule has 0 spiro atoms. The first-order valence-corrected chi connectivity index (χ1v) is 36.0. The van der Waals surface area contributed by atoms with E-state index in [1.807, 2.05) is 6.08 Å². The van der Waals surface area contributed by atoms with Gasteiger partial charge in [0, 0.05) is 6.42 Å². The Labute approximate surface area is 558 Å². The molecular formula is C74H127NO18. The monoisotopic (exact) mass is 1320 g/mol. The first kappa shape index (κ1) is 83.9. The van der Waals surface area contributed by atoms with E-state index in [-0.39, 0.29) is 18.9 Å². The highest BCUT2D eigenvalue weighted by Crippen LogP contribution is 2.33. The molecule has 0 aromatic rings.